The lowest BCUT2D eigenvalue weighted by Gasteiger charge is -2.10. The molecule has 1 rings (SSSR count). The average Bonchev–Trinajstić information content (AvgIpc) is 2.43. The molecule has 21 heavy (non-hydrogen) atoms. The number of halogens is 4. The molecule has 0 heterocycles. The number of hydrogen-bond acceptors (Lipinski definition) is 4. The Morgan fingerprint density at radius 1 is 1.14 bits per heavy atom. The van der Waals surface area contributed by atoms with Gasteiger partial charge >= 0.3 is 19.2 Å². The molecule has 0 atom stereocenters. The van der Waals surface area contributed by atoms with Crippen molar-refractivity contribution in [2.75, 3.05) is 14.2 Å². The molecule has 1 aliphatic carbocycles. The van der Waals surface area contributed by atoms with Crippen molar-refractivity contribution in [3.05, 3.63) is 28.8 Å². The van der Waals surface area contributed by atoms with Crippen LogP contribution >= 0.6 is 0 Å². The molecule has 0 unspecified atom stereocenters. The molecule has 0 N–H and O–H groups in total. The van der Waals surface area contributed by atoms with Crippen molar-refractivity contribution >= 4 is 24.9 Å². The van der Waals surface area contributed by atoms with E-state index in [2.05, 4.69) is 14.3 Å². The summed E-state index contributed by atoms with van der Waals surface area (Å²) in [7, 11) is -3.59. The van der Waals surface area contributed by atoms with Gasteiger partial charge in [0.15, 0.2) is 0 Å². The molecule has 11 heteroatoms. The van der Waals surface area contributed by atoms with Gasteiger partial charge in [0.2, 0.25) is 0 Å². The molecule has 0 aromatic carbocycles. The van der Waals surface area contributed by atoms with Crippen LogP contribution in [-0.2, 0) is 19.1 Å². The van der Waals surface area contributed by atoms with Crippen molar-refractivity contribution < 1.29 is 41.1 Å². The molecule has 0 fully saturated rings. The number of carbonyl (C=O) groups excluding carboxylic acids is 2. The number of hydrogen-bond donors (Lipinski definition) is 0. The van der Waals surface area contributed by atoms with Crippen molar-refractivity contribution in [2.24, 2.45) is 0 Å². The highest BCUT2D eigenvalue weighted by Crippen LogP contribution is 2.19. The van der Waals surface area contributed by atoms with E-state index in [0.29, 0.717) is 0 Å². The molecule has 0 saturated carbocycles. The fraction of sp³-hybridized carbons (Fsp3) is 0.300. The van der Waals surface area contributed by atoms with Crippen LogP contribution in [0.25, 0.3) is 5.53 Å². The monoisotopic (exact) mass is 309 g/mol. The van der Waals surface area contributed by atoms with E-state index in [9.17, 15) is 26.9 Å². The van der Waals surface area contributed by atoms with Crippen molar-refractivity contribution in [3.8, 4) is 0 Å². The average molecular weight is 309 g/mol. The number of carbonyl (C=O) groups is 2. The molecule has 0 aromatic heterocycles. The van der Waals surface area contributed by atoms with E-state index in [1.807, 2.05) is 0 Å². The minimum Gasteiger partial charge on any atom is -0.465 e. The second kappa shape index (κ2) is 8.00. The maximum Gasteiger partial charge on any atom is 0.673 e. The topological polar surface area (TPSA) is 89.0 Å². The second-order valence-corrected chi connectivity index (χ2v) is 3.45. The summed E-state index contributed by atoms with van der Waals surface area (Å²) in [6, 6.07) is 0. The summed E-state index contributed by atoms with van der Waals surface area (Å²) in [4.78, 5) is 25.7. The van der Waals surface area contributed by atoms with Crippen molar-refractivity contribution in [1.82, 2.24) is 0 Å². The Kier molecular flexibility index (Phi) is 7.08. The lowest BCUT2D eigenvalue weighted by Crippen LogP contribution is -2.19. The third-order valence-corrected chi connectivity index (χ3v) is 2.06. The Balaban J connectivity index is 0.000000690. The number of allylic oxidation sites excluding steroid dienone is 2. The van der Waals surface area contributed by atoms with Gasteiger partial charge in [-0.1, -0.05) is 6.08 Å². The molecular weight excluding hydrogens is 299 g/mol. The molecule has 0 saturated heterocycles. The molecule has 0 amide bonds. The van der Waals surface area contributed by atoms with E-state index in [0.717, 1.165) is 0 Å². The number of ether oxygens (including phenoxy) is 2. The highest BCUT2D eigenvalue weighted by atomic mass is 19.5. The molecule has 116 valence electrons. The van der Waals surface area contributed by atoms with E-state index < -0.39 is 19.2 Å². The van der Waals surface area contributed by atoms with Crippen LogP contribution < -0.4 is 0 Å². The van der Waals surface area contributed by atoms with Crippen LogP contribution in [0.3, 0.4) is 0 Å². The summed E-state index contributed by atoms with van der Waals surface area (Å²) >= 11 is 0. The van der Waals surface area contributed by atoms with Crippen LogP contribution in [0.2, 0.25) is 0 Å². The maximum atomic E-state index is 11.4. The molecule has 0 radical (unpaired) electrons. The summed E-state index contributed by atoms with van der Waals surface area (Å²) in [6.45, 7) is 0. The summed E-state index contributed by atoms with van der Waals surface area (Å²) in [5.41, 5.74) is 9.00. The van der Waals surface area contributed by atoms with Crippen molar-refractivity contribution in [3.63, 3.8) is 0 Å². The largest absolute Gasteiger partial charge is 0.673 e. The van der Waals surface area contributed by atoms with E-state index in [-0.39, 0.29) is 23.3 Å². The first-order chi connectivity index (χ1) is 9.63. The van der Waals surface area contributed by atoms with E-state index in [1.54, 1.807) is 0 Å². The minimum atomic E-state index is -6.00. The number of methoxy groups -OCH3 is 2. The summed E-state index contributed by atoms with van der Waals surface area (Å²) in [5, 5.41) is 0. The maximum absolute atomic E-state index is 11.4. The number of rotatable bonds is 2. The van der Waals surface area contributed by atoms with Crippen LogP contribution in [0.15, 0.2) is 23.3 Å². The quantitative estimate of drug-likeness (QED) is 0.254. The molecule has 1 aliphatic rings. The van der Waals surface area contributed by atoms with Gasteiger partial charge in [0, 0.05) is 6.08 Å². The van der Waals surface area contributed by atoms with Crippen molar-refractivity contribution in [2.45, 2.75) is 6.42 Å². The minimum absolute atomic E-state index is 0.0217. The van der Waals surface area contributed by atoms with Gasteiger partial charge in [0.05, 0.1) is 31.8 Å². The molecule has 0 bridgehead atoms. The summed E-state index contributed by atoms with van der Waals surface area (Å²) in [6.07, 6.45) is 2.99. The van der Waals surface area contributed by atoms with Gasteiger partial charge in [-0.15, -0.1) is 0 Å². The first-order valence-corrected chi connectivity index (χ1v) is 5.31. The summed E-state index contributed by atoms with van der Waals surface area (Å²) < 4.78 is 48.0. The highest BCUT2D eigenvalue weighted by Gasteiger charge is 2.27. The van der Waals surface area contributed by atoms with E-state index >= 15 is 0 Å². The van der Waals surface area contributed by atoms with Crippen LogP contribution in [0.1, 0.15) is 6.42 Å². The Hall–Kier alpha value is -2.42. The van der Waals surface area contributed by atoms with Gasteiger partial charge in [-0.05, 0) is 0 Å². The van der Waals surface area contributed by atoms with Crippen molar-refractivity contribution in [1.29, 1.82) is 0 Å². The van der Waals surface area contributed by atoms with Crippen LogP contribution in [0.5, 0.6) is 0 Å². The fourth-order valence-corrected chi connectivity index (χ4v) is 1.27. The summed E-state index contributed by atoms with van der Waals surface area (Å²) in [5.74, 6) is -1.31. The third kappa shape index (κ3) is 7.07. The smallest absolute Gasteiger partial charge is 0.465 e. The molecular formula is C10H10BF4N2O4-. The normalized spacial score (nSPS) is 13.9. The number of nitrogens with zero attached hydrogens (tertiary/aromatic N) is 2. The van der Waals surface area contributed by atoms with Gasteiger partial charge in [-0.3, -0.25) is 0 Å². The lowest BCUT2D eigenvalue weighted by molar-refractivity contribution is -0.139. The second-order valence-electron chi connectivity index (χ2n) is 3.45. The predicted molar refractivity (Wildman–Crippen MR) is 63.6 cm³/mol. The van der Waals surface area contributed by atoms with Crippen LogP contribution in [0, 0.1) is 0 Å². The van der Waals surface area contributed by atoms with Gasteiger partial charge in [-0.2, -0.15) is 4.79 Å². The Morgan fingerprint density at radius 3 is 1.95 bits per heavy atom. The molecule has 6 nitrogen and oxygen atoms in total. The van der Waals surface area contributed by atoms with E-state index in [1.165, 1.54) is 26.4 Å². The van der Waals surface area contributed by atoms with Gasteiger partial charge in [-0.25, -0.2) is 9.59 Å². The highest BCUT2D eigenvalue weighted by molar-refractivity contribution is 6.50. The third-order valence-electron chi connectivity index (χ3n) is 2.06. The standard InChI is InChI=1S/C10H10N2O4.BF4/c1-15-9(13)7-4-3-6(12-11)5-8(7)10(14)16-2;2-1(3,4)5/h4-5H,3H2,1-2H3;/q;-1. The lowest BCUT2D eigenvalue weighted by atomic mass is 9.97. The van der Waals surface area contributed by atoms with Gasteiger partial charge in [0.1, 0.15) is 0 Å². The predicted octanol–water partition coefficient (Wildman–Crippen LogP) is 1.56. The zero-order chi connectivity index (χ0) is 16.6. The molecule has 0 aliphatic heterocycles. The fourth-order valence-electron chi connectivity index (χ4n) is 1.27. The van der Waals surface area contributed by atoms with Gasteiger partial charge in [0.25, 0.3) is 5.71 Å². The zero-order valence-corrected chi connectivity index (χ0v) is 11.0. The number of esters is 2. The Bertz CT molecular complexity index is 530. The SMILES string of the molecule is COC(=O)C1=CCC(=[N+]=[N-])C=C1C(=O)OC.F[B-](F)(F)F. The Labute approximate surface area is 116 Å². The van der Waals surface area contributed by atoms with Crippen LogP contribution in [-0.4, -0.2) is 43.9 Å². The molecule has 0 aromatic rings. The van der Waals surface area contributed by atoms with Gasteiger partial charge < -0.3 is 32.3 Å². The Morgan fingerprint density at radius 2 is 1.57 bits per heavy atom. The first-order valence-electron chi connectivity index (χ1n) is 5.31. The first kappa shape index (κ1) is 18.6. The zero-order valence-electron chi connectivity index (χ0n) is 11.0. The van der Waals surface area contributed by atoms with Crippen LogP contribution in [0.4, 0.5) is 17.3 Å². The molecule has 0 spiro atoms. The van der Waals surface area contributed by atoms with E-state index in [4.69, 9.17) is 5.53 Å².